The van der Waals surface area contributed by atoms with Crippen LogP contribution in [-0.4, -0.2) is 28.8 Å². The Morgan fingerprint density at radius 2 is 1.69 bits per heavy atom. The van der Waals surface area contributed by atoms with Gasteiger partial charge in [-0.3, -0.25) is 9.59 Å². The highest BCUT2D eigenvalue weighted by Gasteiger charge is 2.27. The SMILES string of the molecule is CC[C@H](C)NC(=O)[C@@H](C)N(Cc1cccc(C)c1)C(=O)Cc1cc(C)ccc1C. The molecule has 0 spiro atoms. The minimum absolute atomic E-state index is 0.0352. The van der Waals surface area contributed by atoms with E-state index in [1.807, 2.05) is 65.8 Å². The second kappa shape index (κ2) is 10.2. The molecule has 0 unspecified atom stereocenters. The first-order valence-electron chi connectivity index (χ1n) is 10.4. The Hall–Kier alpha value is -2.62. The molecule has 2 atom stereocenters. The van der Waals surface area contributed by atoms with Gasteiger partial charge in [0.15, 0.2) is 0 Å². The molecule has 0 aromatic heterocycles. The summed E-state index contributed by atoms with van der Waals surface area (Å²) in [6, 6.07) is 13.8. The predicted octanol–water partition coefficient (Wildman–Crippen LogP) is 4.49. The van der Waals surface area contributed by atoms with E-state index in [0.717, 1.165) is 34.2 Å². The maximum atomic E-state index is 13.3. The summed E-state index contributed by atoms with van der Waals surface area (Å²) in [5.74, 6) is -0.145. The number of benzene rings is 2. The Bertz CT molecular complexity index is 860. The van der Waals surface area contributed by atoms with Crippen molar-refractivity contribution < 1.29 is 9.59 Å². The molecule has 0 fully saturated rings. The van der Waals surface area contributed by atoms with Gasteiger partial charge in [-0.1, -0.05) is 60.5 Å². The van der Waals surface area contributed by atoms with Crippen LogP contribution in [-0.2, 0) is 22.6 Å². The van der Waals surface area contributed by atoms with Crippen LogP contribution in [0, 0.1) is 20.8 Å². The van der Waals surface area contributed by atoms with Gasteiger partial charge in [0.05, 0.1) is 6.42 Å². The fourth-order valence-electron chi connectivity index (χ4n) is 3.31. The summed E-state index contributed by atoms with van der Waals surface area (Å²) in [6.45, 7) is 12.3. The molecular formula is C25H34N2O2. The number of hydrogen-bond acceptors (Lipinski definition) is 2. The molecule has 2 aromatic rings. The lowest BCUT2D eigenvalue weighted by Crippen LogP contribution is -2.50. The lowest BCUT2D eigenvalue weighted by molar-refractivity contribution is -0.140. The monoisotopic (exact) mass is 394 g/mol. The second-order valence-corrected chi connectivity index (χ2v) is 8.11. The Morgan fingerprint density at radius 1 is 1.00 bits per heavy atom. The first kappa shape index (κ1) is 22.7. The van der Waals surface area contributed by atoms with Crippen molar-refractivity contribution in [2.24, 2.45) is 0 Å². The Kier molecular flexibility index (Phi) is 8.00. The Balaban J connectivity index is 2.28. The van der Waals surface area contributed by atoms with Crippen molar-refractivity contribution >= 4 is 11.8 Å². The lowest BCUT2D eigenvalue weighted by atomic mass is 10.0. The van der Waals surface area contributed by atoms with Gasteiger partial charge in [-0.05, 0) is 57.7 Å². The summed E-state index contributed by atoms with van der Waals surface area (Å²) in [5, 5.41) is 3.01. The summed E-state index contributed by atoms with van der Waals surface area (Å²) < 4.78 is 0. The predicted molar refractivity (Wildman–Crippen MR) is 119 cm³/mol. The molecule has 0 aliphatic rings. The molecule has 0 radical (unpaired) electrons. The molecule has 4 nitrogen and oxygen atoms in total. The van der Waals surface area contributed by atoms with Gasteiger partial charge in [-0.15, -0.1) is 0 Å². The van der Waals surface area contributed by atoms with Crippen molar-refractivity contribution in [2.45, 2.75) is 73.0 Å². The Labute approximate surface area is 175 Å². The first-order chi connectivity index (χ1) is 13.7. The van der Waals surface area contributed by atoms with E-state index in [-0.39, 0.29) is 17.9 Å². The zero-order valence-corrected chi connectivity index (χ0v) is 18.6. The van der Waals surface area contributed by atoms with E-state index in [2.05, 4.69) is 23.5 Å². The number of rotatable bonds is 8. The number of hydrogen-bond donors (Lipinski definition) is 1. The molecular weight excluding hydrogens is 360 g/mol. The fraction of sp³-hybridized carbons (Fsp3) is 0.440. The van der Waals surface area contributed by atoms with E-state index in [1.54, 1.807) is 4.90 Å². The standard InChI is InChI=1S/C25H34N2O2/c1-7-20(5)26-25(29)21(6)27(16-22-10-8-9-17(2)13-22)24(28)15-23-14-18(3)11-12-19(23)4/h8-14,20-21H,7,15-16H2,1-6H3,(H,26,29)/t20-,21+/m0/s1. The highest BCUT2D eigenvalue weighted by atomic mass is 16.2. The minimum atomic E-state index is -0.540. The van der Waals surface area contributed by atoms with E-state index in [9.17, 15) is 9.59 Å². The minimum Gasteiger partial charge on any atom is -0.352 e. The third kappa shape index (κ3) is 6.45. The van der Waals surface area contributed by atoms with Crippen LogP contribution >= 0.6 is 0 Å². The summed E-state index contributed by atoms with van der Waals surface area (Å²) in [7, 11) is 0. The van der Waals surface area contributed by atoms with Gasteiger partial charge in [-0.25, -0.2) is 0 Å². The van der Waals surface area contributed by atoms with Gasteiger partial charge in [-0.2, -0.15) is 0 Å². The molecule has 4 heteroatoms. The maximum Gasteiger partial charge on any atom is 0.242 e. The summed E-state index contributed by atoms with van der Waals surface area (Å²) in [4.78, 5) is 27.8. The topological polar surface area (TPSA) is 49.4 Å². The van der Waals surface area contributed by atoms with Crippen LogP contribution in [0.4, 0.5) is 0 Å². The molecule has 0 heterocycles. The number of nitrogens with zero attached hydrogens (tertiary/aromatic N) is 1. The molecule has 156 valence electrons. The Morgan fingerprint density at radius 3 is 2.34 bits per heavy atom. The van der Waals surface area contributed by atoms with Gasteiger partial charge >= 0.3 is 0 Å². The molecule has 1 N–H and O–H groups in total. The number of carbonyl (C=O) groups is 2. The smallest absolute Gasteiger partial charge is 0.242 e. The van der Waals surface area contributed by atoms with Crippen molar-refractivity contribution in [3.8, 4) is 0 Å². The van der Waals surface area contributed by atoms with Gasteiger partial charge < -0.3 is 10.2 Å². The highest BCUT2D eigenvalue weighted by Crippen LogP contribution is 2.17. The summed E-state index contributed by atoms with van der Waals surface area (Å²) >= 11 is 0. The largest absolute Gasteiger partial charge is 0.352 e. The van der Waals surface area contributed by atoms with Gasteiger partial charge in [0.25, 0.3) is 0 Å². The molecule has 2 aromatic carbocycles. The van der Waals surface area contributed by atoms with Gasteiger partial charge in [0.2, 0.25) is 11.8 Å². The number of carbonyl (C=O) groups excluding carboxylic acids is 2. The third-order valence-corrected chi connectivity index (χ3v) is 5.45. The molecule has 0 bridgehead atoms. The lowest BCUT2D eigenvalue weighted by Gasteiger charge is -2.30. The fourth-order valence-corrected chi connectivity index (χ4v) is 3.31. The van der Waals surface area contributed by atoms with Gasteiger partial charge in [0.1, 0.15) is 6.04 Å². The highest BCUT2D eigenvalue weighted by molar-refractivity contribution is 5.88. The first-order valence-corrected chi connectivity index (χ1v) is 10.4. The molecule has 0 aliphatic carbocycles. The number of aryl methyl sites for hydroxylation is 3. The number of nitrogens with one attached hydrogen (secondary N) is 1. The molecule has 0 saturated carbocycles. The van der Waals surface area contributed by atoms with E-state index >= 15 is 0 Å². The second-order valence-electron chi connectivity index (χ2n) is 8.11. The zero-order chi connectivity index (χ0) is 21.6. The number of amides is 2. The van der Waals surface area contributed by atoms with E-state index in [1.165, 1.54) is 0 Å². The quantitative estimate of drug-likeness (QED) is 0.717. The van der Waals surface area contributed by atoms with Crippen molar-refractivity contribution in [1.29, 1.82) is 0 Å². The summed E-state index contributed by atoms with van der Waals surface area (Å²) in [5.41, 5.74) is 5.41. The van der Waals surface area contributed by atoms with E-state index in [4.69, 9.17) is 0 Å². The van der Waals surface area contributed by atoms with Crippen LogP contribution in [0.1, 0.15) is 55.0 Å². The molecule has 0 aliphatic heterocycles. The van der Waals surface area contributed by atoms with Crippen LogP contribution in [0.3, 0.4) is 0 Å². The van der Waals surface area contributed by atoms with Crippen molar-refractivity contribution in [3.05, 3.63) is 70.3 Å². The molecule has 2 amide bonds. The van der Waals surface area contributed by atoms with Crippen molar-refractivity contribution in [2.75, 3.05) is 0 Å². The molecule has 2 rings (SSSR count). The van der Waals surface area contributed by atoms with Crippen LogP contribution in [0.15, 0.2) is 42.5 Å². The van der Waals surface area contributed by atoms with E-state index in [0.29, 0.717) is 13.0 Å². The van der Waals surface area contributed by atoms with Crippen LogP contribution < -0.4 is 5.32 Å². The van der Waals surface area contributed by atoms with Gasteiger partial charge in [0, 0.05) is 12.6 Å². The average molecular weight is 395 g/mol. The van der Waals surface area contributed by atoms with E-state index < -0.39 is 6.04 Å². The molecule has 29 heavy (non-hydrogen) atoms. The van der Waals surface area contributed by atoms with Crippen LogP contribution in [0.25, 0.3) is 0 Å². The normalized spacial score (nSPS) is 12.9. The summed E-state index contributed by atoms with van der Waals surface area (Å²) in [6.07, 6.45) is 1.15. The zero-order valence-electron chi connectivity index (χ0n) is 18.6. The third-order valence-electron chi connectivity index (χ3n) is 5.45. The molecule has 0 saturated heterocycles. The average Bonchev–Trinajstić information content (AvgIpc) is 2.68. The maximum absolute atomic E-state index is 13.3. The van der Waals surface area contributed by atoms with Crippen LogP contribution in [0.2, 0.25) is 0 Å². The van der Waals surface area contributed by atoms with Crippen LogP contribution in [0.5, 0.6) is 0 Å². The van der Waals surface area contributed by atoms with Crippen molar-refractivity contribution in [1.82, 2.24) is 10.2 Å². The van der Waals surface area contributed by atoms with Crippen molar-refractivity contribution in [3.63, 3.8) is 0 Å².